The van der Waals surface area contributed by atoms with Gasteiger partial charge in [0.25, 0.3) is 0 Å². The molecule has 0 saturated carbocycles. The van der Waals surface area contributed by atoms with Crippen LogP contribution in [0.3, 0.4) is 0 Å². The van der Waals surface area contributed by atoms with E-state index in [9.17, 15) is 4.79 Å². The Hall–Kier alpha value is -4.16. The Morgan fingerprint density at radius 1 is 1.08 bits per heavy atom. The number of ether oxygens (including phenoxy) is 2. The number of carbonyl (C=O) groups excluding carboxylic acids is 1. The van der Waals surface area contributed by atoms with E-state index in [4.69, 9.17) is 30.2 Å². The normalized spacial score (nSPS) is 13.8. The van der Waals surface area contributed by atoms with Crippen LogP contribution in [0.25, 0.3) is 22.6 Å². The van der Waals surface area contributed by atoms with E-state index in [1.54, 1.807) is 24.5 Å². The van der Waals surface area contributed by atoms with Crippen LogP contribution >= 0.6 is 0 Å². The second-order valence-electron chi connectivity index (χ2n) is 9.11. The van der Waals surface area contributed by atoms with Gasteiger partial charge in [-0.05, 0) is 31.7 Å². The quantitative estimate of drug-likeness (QED) is 0.344. The smallest absolute Gasteiger partial charge is 0.337 e. The molecule has 5 rings (SSSR count). The molecule has 1 aromatic carbocycles. The number of nitrogens with two attached hydrogens (primary N) is 1. The van der Waals surface area contributed by atoms with Gasteiger partial charge in [-0.2, -0.15) is 0 Å². The van der Waals surface area contributed by atoms with Crippen LogP contribution in [-0.4, -0.2) is 80.8 Å². The Morgan fingerprint density at radius 3 is 2.45 bits per heavy atom. The van der Waals surface area contributed by atoms with Gasteiger partial charge in [0.1, 0.15) is 5.82 Å². The molecule has 0 spiro atoms. The Kier molecular flexibility index (Phi) is 7.43. The molecule has 0 atom stereocenters. The molecule has 12 nitrogen and oxygen atoms in total. The van der Waals surface area contributed by atoms with Gasteiger partial charge in [-0.15, -0.1) is 0 Å². The summed E-state index contributed by atoms with van der Waals surface area (Å²) >= 11 is 0. The van der Waals surface area contributed by atoms with Crippen molar-refractivity contribution in [3.63, 3.8) is 0 Å². The molecule has 0 bridgehead atoms. The molecule has 38 heavy (non-hydrogen) atoms. The first kappa shape index (κ1) is 25.5. The number of hydrogen-bond donors (Lipinski definition) is 1. The lowest BCUT2D eigenvalue weighted by Gasteiger charge is -2.28. The number of benzene rings is 1. The summed E-state index contributed by atoms with van der Waals surface area (Å²) in [6.45, 7) is 6.77. The average molecular weight is 518 g/mol. The van der Waals surface area contributed by atoms with Crippen molar-refractivity contribution in [2.45, 2.75) is 26.6 Å². The minimum Gasteiger partial charge on any atom is -0.465 e. The number of aromatic nitrogens is 6. The monoisotopic (exact) mass is 517 g/mol. The van der Waals surface area contributed by atoms with Gasteiger partial charge >= 0.3 is 5.97 Å². The van der Waals surface area contributed by atoms with Gasteiger partial charge in [0.05, 0.1) is 38.0 Å². The van der Waals surface area contributed by atoms with Crippen molar-refractivity contribution in [3.05, 3.63) is 53.6 Å². The van der Waals surface area contributed by atoms with Crippen molar-refractivity contribution in [1.82, 2.24) is 34.4 Å². The van der Waals surface area contributed by atoms with Crippen LogP contribution in [-0.2, 0) is 29.1 Å². The highest BCUT2D eigenvalue weighted by Gasteiger charge is 2.24. The highest BCUT2D eigenvalue weighted by atomic mass is 16.5. The highest BCUT2D eigenvalue weighted by molar-refractivity contribution is 5.89. The van der Waals surface area contributed by atoms with Gasteiger partial charge < -0.3 is 24.7 Å². The van der Waals surface area contributed by atoms with Gasteiger partial charge in [0.15, 0.2) is 22.8 Å². The molecule has 0 amide bonds. The largest absolute Gasteiger partial charge is 0.465 e. The molecule has 3 aromatic heterocycles. The molecular formula is C26H31N9O3. The number of anilines is 2. The standard InChI is InChI=1S/C26H31N9O3/c1-4-35-20(16-33(2)15-17-5-7-18(8-6-17)25(36)37-3)30-21-23(34-9-11-38-12-10-34)31-22(32-24(21)35)19-13-28-26(27)29-14-19/h5-8,13-14H,4,9-12,15-16H2,1-3H3,(H2,27,28,29). The number of fused-ring (bicyclic) bond motifs is 1. The summed E-state index contributed by atoms with van der Waals surface area (Å²) in [6.07, 6.45) is 3.28. The molecule has 1 aliphatic rings. The third-order valence-corrected chi connectivity index (χ3v) is 6.45. The zero-order valence-electron chi connectivity index (χ0n) is 21.8. The van der Waals surface area contributed by atoms with E-state index in [0.717, 1.165) is 41.5 Å². The fraction of sp³-hybridized carbons (Fsp3) is 0.385. The van der Waals surface area contributed by atoms with Crippen LogP contribution in [0.2, 0.25) is 0 Å². The first-order chi connectivity index (χ1) is 18.5. The lowest BCUT2D eigenvalue weighted by atomic mass is 10.1. The summed E-state index contributed by atoms with van der Waals surface area (Å²) in [5, 5.41) is 0. The van der Waals surface area contributed by atoms with E-state index in [1.807, 2.05) is 19.2 Å². The SMILES string of the molecule is CCn1c(CN(C)Cc2ccc(C(=O)OC)cc2)nc2c(N3CCOCC3)nc(-c3cnc(N)nc3)nc21. The van der Waals surface area contributed by atoms with Crippen molar-refractivity contribution in [1.29, 1.82) is 0 Å². The van der Waals surface area contributed by atoms with Crippen molar-refractivity contribution in [3.8, 4) is 11.4 Å². The Bertz CT molecular complexity index is 1410. The lowest BCUT2D eigenvalue weighted by molar-refractivity contribution is 0.0600. The highest BCUT2D eigenvalue weighted by Crippen LogP contribution is 2.29. The number of rotatable bonds is 8. The first-order valence-corrected chi connectivity index (χ1v) is 12.5. The maximum absolute atomic E-state index is 11.7. The summed E-state index contributed by atoms with van der Waals surface area (Å²) in [6, 6.07) is 7.44. The zero-order chi connectivity index (χ0) is 26.6. The lowest BCUT2D eigenvalue weighted by Crippen LogP contribution is -2.37. The molecule has 1 fully saturated rings. The number of imidazole rings is 1. The molecule has 4 aromatic rings. The van der Waals surface area contributed by atoms with Crippen LogP contribution in [0.1, 0.15) is 28.7 Å². The molecule has 4 heterocycles. The number of hydrogen-bond acceptors (Lipinski definition) is 11. The summed E-state index contributed by atoms with van der Waals surface area (Å²) in [5.74, 6) is 2.06. The van der Waals surface area contributed by atoms with Crippen LogP contribution in [0.15, 0.2) is 36.7 Å². The van der Waals surface area contributed by atoms with Gasteiger partial charge in [0.2, 0.25) is 5.95 Å². The fourth-order valence-corrected chi connectivity index (χ4v) is 4.54. The molecule has 0 radical (unpaired) electrons. The van der Waals surface area contributed by atoms with E-state index in [1.165, 1.54) is 7.11 Å². The number of nitrogen functional groups attached to an aromatic ring is 1. The van der Waals surface area contributed by atoms with Crippen LogP contribution < -0.4 is 10.6 Å². The molecule has 1 saturated heterocycles. The summed E-state index contributed by atoms with van der Waals surface area (Å²) in [4.78, 5) is 39.2. The average Bonchev–Trinajstić information content (AvgIpc) is 3.29. The topological polar surface area (TPSA) is 137 Å². The predicted molar refractivity (Wildman–Crippen MR) is 142 cm³/mol. The molecule has 2 N–H and O–H groups in total. The minimum atomic E-state index is -0.344. The van der Waals surface area contributed by atoms with Crippen molar-refractivity contribution in [2.75, 3.05) is 51.1 Å². The van der Waals surface area contributed by atoms with Crippen molar-refractivity contribution in [2.24, 2.45) is 0 Å². The van der Waals surface area contributed by atoms with E-state index >= 15 is 0 Å². The van der Waals surface area contributed by atoms with E-state index in [0.29, 0.717) is 49.8 Å². The molecule has 198 valence electrons. The van der Waals surface area contributed by atoms with Gasteiger partial charge in [-0.1, -0.05) is 12.1 Å². The van der Waals surface area contributed by atoms with E-state index in [2.05, 4.69) is 31.3 Å². The Morgan fingerprint density at radius 2 is 1.79 bits per heavy atom. The van der Waals surface area contributed by atoms with Crippen molar-refractivity contribution >= 4 is 28.9 Å². The Balaban J connectivity index is 1.48. The van der Waals surface area contributed by atoms with Crippen LogP contribution in [0.4, 0.5) is 11.8 Å². The number of morpholine rings is 1. The molecular weight excluding hydrogens is 486 g/mol. The Labute approximate surface area is 220 Å². The van der Waals surface area contributed by atoms with E-state index < -0.39 is 0 Å². The molecule has 1 aliphatic heterocycles. The third-order valence-electron chi connectivity index (χ3n) is 6.45. The zero-order valence-corrected chi connectivity index (χ0v) is 21.8. The predicted octanol–water partition coefficient (Wildman–Crippen LogP) is 2.14. The van der Waals surface area contributed by atoms with Crippen LogP contribution in [0.5, 0.6) is 0 Å². The number of aryl methyl sites for hydroxylation is 1. The van der Waals surface area contributed by atoms with Gasteiger partial charge in [0, 0.05) is 38.6 Å². The van der Waals surface area contributed by atoms with Crippen LogP contribution in [0, 0.1) is 0 Å². The summed E-state index contributed by atoms with van der Waals surface area (Å²) in [7, 11) is 3.42. The van der Waals surface area contributed by atoms with Crippen molar-refractivity contribution < 1.29 is 14.3 Å². The van der Waals surface area contributed by atoms with Gasteiger partial charge in [-0.3, -0.25) is 4.90 Å². The maximum atomic E-state index is 11.7. The summed E-state index contributed by atoms with van der Waals surface area (Å²) in [5.41, 5.74) is 9.53. The fourth-order valence-electron chi connectivity index (χ4n) is 4.54. The summed E-state index contributed by atoms with van der Waals surface area (Å²) < 4.78 is 12.5. The number of methoxy groups -OCH3 is 1. The number of esters is 1. The second-order valence-corrected chi connectivity index (χ2v) is 9.11. The number of carbonyl (C=O) groups is 1. The molecule has 0 unspecified atom stereocenters. The number of nitrogens with zero attached hydrogens (tertiary/aromatic N) is 8. The molecule has 0 aliphatic carbocycles. The first-order valence-electron chi connectivity index (χ1n) is 12.5. The maximum Gasteiger partial charge on any atom is 0.337 e. The van der Waals surface area contributed by atoms with Gasteiger partial charge in [-0.25, -0.2) is 29.7 Å². The second kappa shape index (κ2) is 11.1. The minimum absolute atomic E-state index is 0.201. The third kappa shape index (κ3) is 5.27. The van der Waals surface area contributed by atoms with E-state index in [-0.39, 0.29) is 11.9 Å². The molecule has 12 heteroatoms.